The summed E-state index contributed by atoms with van der Waals surface area (Å²) in [6, 6.07) is 1.52. The van der Waals surface area contributed by atoms with Crippen molar-refractivity contribution in [2.75, 3.05) is 13.7 Å². The third kappa shape index (κ3) is 9.33. The molecule has 61 heavy (non-hydrogen) atoms. The number of halogens is 4. The van der Waals surface area contributed by atoms with Crippen LogP contribution in [0.5, 0.6) is 11.6 Å². The lowest BCUT2D eigenvalue weighted by Gasteiger charge is -2.37. The second kappa shape index (κ2) is 16.3. The first-order valence-corrected chi connectivity index (χ1v) is 22.1. The maximum absolute atomic E-state index is 16.4. The molecule has 1 aromatic carbocycles. The zero-order valence-corrected chi connectivity index (χ0v) is 36.5. The Morgan fingerprint density at radius 3 is 2.30 bits per heavy atom. The molecule has 2 aromatic rings. The minimum atomic E-state index is -4.32. The number of cyclic esters (lactones) is 1. The number of hydrogen-bond acceptors (Lipinski definition) is 11. The number of aromatic nitrogens is 2. The van der Waals surface area contributed by atoms with Crippen LogP contribution in [0.15, 0.2) is 18.2 Å². The minimum Gasteiger partial charge on any atom is -0.497 e. The summed E-state index contributed by atoms with van der Waals surface area (Å²) in [7, 11) is -2.90. The van der Waals surface area contributed by atoms with Crippen molar-refractivity contribution >= 4 is 44.9 Å². The van der Waals surface area contributed by atoms with Crippen molar-refractivity contribution in [3.8, 4) is 11.6 Å². The Kier molecular flexibility index (Phi) is 12.3. The summed E-state index contributed by atoms with van der Waals surface area (Å²) in [5.41, 5.74) is -4.97. The molecule has 15 nitrogen and oxygen atoms in total. The van der Waals surface area contributed by atoms with E-state index in [0.717, 1.165) is 4.90 Å². The van der Waals surface area contributed by atoms with Crippen LogP contribution in [0.25, 0.3) is 11.0 Å². The monoisotopic (exact) mass is 884 g/mol. The molecule has 0 unspecified atom stereocenters. The molecule has 2 bridgehead atoms. The Labute approximate surface area is 352 Å². The normalized spacial score (nSPS) is 28.9. The van der Waals surface area contributed by atoms with Gasteiger partial charge in [-0.3, -0.25) is 19.1 Å². The molecule has 0 radical (unpaired) electrons. The molecule has 1 saturated heterocycles. The Morgan fingerprint density at radius 2 is 1.70 bits per heavy atom. The van der Waals surface area contributed by atoms with E-state index < -0.39 is 128 Å². The van der Waals surface area contributed by atoms with Crippen molar-refractivity contribution < 1.29 is 59.4 Å². The third-order valence-corrected chi connectivity index (χ3v) is 14.6. The van der Waals surface area contributed by atoms with Gasteiger partial charge in [-0.2, -0.15) is 8.78 Å². The molecule has 3 fully saturated rings. The average Bonchev–Trinajstić information content (AvgIpc) is 4.06. The summed E-state index contributed by atoms with van der Waals surface area (Å²) >= 11 is 0. The van der Waals surface area contributed by atoms with Gasteiger partial charge in [0, 0.05) is 18.4 Å². The minimum absolute atomic E-state index is 0.0428. The van der Waals surface area contributed by atoms with Crippen LogP contribution in [-0.2, 0) is 35.1 Å². The van der Waals surface area contributed by atoms with Crippen LogP contribution in [0.4, 0.5) is 22.4 Å². The Bertz CT molecular complexity index is 2170. The predicted molar refractivity (Wildman–Crippen MR) is 213 cm³/mol. The second-order valence-electron chi connectivity index (χ2n) is 18.7. The number of amides is 4. The smallest absolute Gasteiger partial charge is 0.408 e. The number of carbonyl (C=O) groups is 4. The molecule has 6 atom stereocenters. The highest BCUT2D eigenvalue weighted by atomic mass is 32.2. The quantitative estimate of drug-likeness (QED) is 0.274. The number of nitrogens with zero attached hydrogens (tertiary/aromatic N) is 3. The number of nitrogens with one attached hydrogen (secondary N) is 3. The van der Waals surface area contributed by atoms with Gasteiger partial charge in [0.2, 0.25) is 34.1 Å². The Hall–Kier alpha value is -4.49. The molecule has 20 heteroatoms. The molecule has 3 heterocycles. The van der Waals surface area contributed by atoms with Gasteiger partial charge in [-0.1, -0.05) is 34.1 Å². The van der Waals surface area contributed by atoms with E-state index >= 15 is 8.78 Å². The van der Waals surface area contributed by atoms with Gasteiger partial charge < -0.3 is 29.7 Å². The van der Waals surface area contributed by atoms with Crippen LogP contribution in [0, 0.1) is 17.3 Å². The molecule has 2 aliphatic carbocycles. The SMILES string of the molecule is CC[C@@H]1[C@@H]2CN(C(=O)[C@H](C(C)(C)C)NC(=O)OC(C)(C)CCCCCC(F)(F)c3nc4ccc(OC)cc4nc3O2)[C@@H]1C(=O)N[C@]1(C(=O)NS(=O)(=O)C2(C)CC2)C[C@H]1C(F)F. The van der Waals surface area contributed by atoms with Gasteiger partial charge in [0.05, 0.1) is 35.4 Å². The fourth-order valence-corrected chi connectivity index (χ4v) is 9.56. The van der Waals surface area contributed by atoms with Crippen molar-refractivity contribution in [1.82, 2.24) is 30.2 Å². The fourth-order valence-electron chi connectivity index (χ4n) is 8.25. The molecule has 3 N–H and O–H groups in total. The standard InChI is InChI=1S/C41H56F4N6O9S/c1-9-23-27-21-51(28(23)32(52)49-40(20-24(40)31(42)43)35(54)50-61(56,57)39(7)17-18-39)34(53)30(37(2,3)4)48-36(55)60-38(5,6)15-11-10-12-16-41(44,45)29-33(59-27)47-26-19-22(58-8)13-14-25(26)46-29/h13-14,19,23-24,27-28,30-31H,9-12,15-18,20-21H2,1-8H3,(H,48,55)(H,49,52)(H,50,54)/t23-,24+,27+,28+,30-,40-/m1/s1. The van der Waals surface area contributed by atoms with Crippen molar-refractivity contribution in [3.63, 3.8) is 0 Å². The van der Waals surface area contributed by atoms with E-state index in [4.69, 9.17) is 14.2 Å². The van der Waals surface area contributed by atoms with Crippen molar-refractivity contribution in [1.29, 1.82) is 0 Å². The molecule has 338 valence electrons. The lowest BCUT2D eigenvalue weighted by molar-refractivity contribution is -0.144. The first kappa shape index (κ1) is 46.0. The van der Waals surface area contributed by atoms with Gasteiger partial charge in [0.25, 0.3) is 11.8 Å². The van der Waals surface area contributed by atoms with Crippen molar-refractivity contribution in [2.24, 2.45) is 17.3 Å². The summed E-state index contributed by atoms with van der Waals surface area (Å²) in [4.78, 5) is 66.6. The number of rotatable bonds is 8. The van der Waals surface area contributed by atoms with Crippen LogP contribution in [0.3, 0.4) is 0 Å². The largest absolute Gasteiger partial charge is 0.497 e. The Balaban J connectivity index is 1.45. The topological polar surface area (TPSA) is 195 Å². The first-order valence-electron chi connectivity index (χ1n) is 20.7. The number of carbonyl (C=O) groups excluding carboxylic acids is 4. The van der Waals surface area contributed by atoms with Crippen LogP contribution in [0.1, 0.15) is 112 Å². The fraction of sp³-hybridized carbons (Fsp3) is 0.707. The number of hydrogen-bond donors (Lipinski definition) is 3. The van der Waals surface area contributed by atoms with Crippen LogP contribution in [-0.4, -0.2) is 101 Å². The molecular formula is C41H56F4N6O9S. The van der Waals surface area contributed by atoms with Gasteiger partial charge in [-0.25, -0.2) is 32.0 Å². The maximum Gasteiger partial charge on any atom is 0.408 e. The third-order valence-electron chi connectivity index (χ3n) is 12.5. The Morgan fingerprint density at radius 1 is 1.03 bits per heavy atom. The molecule has 0 spiro atoms. The maximum atomic E-state index is 16.4. The number of sulfonamides is 1. The van der Waals surface area contributed by atoms with Gasteiger partial charge >= 0.3 is 6.09 Å². The molecule has 4 amide bonds. The lowest BCUT2D eigenvalue weighted by atomic mass is 9.85. The number of alkyl carbamates (subject to hydrolysis) is 1. The molecule has 1 aromatic heterocycles. The van der Waals surface area contributed by atoms with E-state index in [-0.39, 0.29) is 36.7 Å². The van der Waals surface area contributed by atoms with Gasteiger partial charge in [-0.05, 0) is 83.3 Å². The van der Waals surface area contributed by atoms with Crippen LogP contribution in [0.2, 0.25) is 0 Å². The van der Waals surface area contributed by atoms with E-state index in [1.807, 2.05) is 4.72 Å². The van der Waals surface area contributed by atoms with Gasteiger partial charge in [0.15, 0.2) is 5.69 Å². The molecule has 2 saturated carbocycles. The summed E-state index contributed by atoms with van der Waals surface area (Å²) < 4.78 is 106. The zero-order chi connectivity index (χ0) is 45.1. The highest BCUT2D eigenvalue weighted by Gasteiger charge is 2.68. The zero-order valence-electron chi connectivity index (χ0n) is 35.7. The highest BCUT2D eigenvalue weighted by Crippen LogP contribution is 2.50. The highest BCUT2D eigenvalue weighted by molar-refractivity contribution is 7.91. The summed E-state index contributed by atoms with van der Waals surface area (Å²) in [6.45, 7) is 10.9. The number of methoxy groups -OCH3 is 1. The summed E-state index contributed by atoms with van der Waals surface area (Å²) in [5, 5.41) is 5.06. The summed E-state index contributed by atoms with van der Waals surface area (Å²) in [5.74, 6) is -9.87. The van der Waals surface area contributed by atoms with Crippen molar-refractivity contribution in [3.05, 3.63) is 23.9 Å². The van der Waals surface area contributed by atoms with E-state index in [0.29, 0.717) is 25.0 Å². The number of ether oxygens (including phenoxy) is 3. The number of fused-ring (bicyclic) bond motifs is 4. The van der Waals surface area contributed by atoms with Crippen LogP contribution >= 0.6 is 0 Å². The van der Waals surface area contributed by atoms with Gasteiger partial charge in [0.1, 0.15) is 35.1 Å². The van der Waals surface area contributed by atoms with Crippen LogP contribution < -0.4 is 24.8 Å². The summed E-state index contributed by atoms with van der Waals surface area (Å²) in [6.07, 6.45) is -4.94. The number of benzene rings is 1. The average molecular weight is 885 g/mol. The number of alkyl halides is 4. The van der Waals surface area contributed by atoms with E-state index in [2.05, 4.69) is 20.6 Å². The van der Waals surface area contributed by atoms with E-state index in [1.54, 1.807) is 47.6 Å². The first-order chi connectivity index (χ1) is 28.3. The van der Waals surface area contributed by atoms with Gasteiger partial charge in [-0.15, -0.1) is 0 Å². The van der Waals surface area contributed by atoms with Crippen molar-refractivity contribution in [2.45, 2.75) is 153 Å². The second-order valence-corrected chi connectivity index (χ2v) is 20.9. The molecule has 6 rings (SSSR count). The molecular weight excluding hydrogens is 829 g/mol. The van der Waals surface area contributed by atoms with E-state index in [1.165, 1.54) is 26.2 Å². The molecule has 2 aliphatic heterocycles. The molecule has 4 aliphatic rings. The van der Waals surface area contributed by atoms with E-state index in [9.17, 15) is 36.4 Å². The lowest BCUT2D eigenvalue weighted by Crippen LogP contribution is -2.61. The predicted octanol–water partition coefficient (Wildman–Crippen LogP) is 5.74.